The van der Waals surface area contributed by atoms with Gasteiger partial charge in [0.05, 0.1) is 17.6 Å². The molecule has 0 fully saturated rings. The fourth-order valence-electron chi connectivity index (χ4n) is 2.85. The fraction of sp³-hybridized carbons (Fsp3) is 0.708. The largest absolute Gasteiger partial charge is 0.412 e. The minimum Gasteiger partial charge on any atom is -0.412 e. The Kier molecular flexibility index (Phi) is 10.1. The fourth-order valence-corrected chi connectivity index (χ4v) is 5.16. The Morgan fingerprint density at radius 3 is 2.09 bits per heavy atom. The summed E-state index contributed by atoms with van der Waals surface area (Å²) in [6.07, 6.45) is 2.20. The maximum absolute atomic E-state index is 12.6. The molecule has 0 aliphatic rings. The second-order valence-electron chi connectivity index (χ2n) is 11.1. The highest BCUT2D eigenvalue weighted by molar-refractivity contribution is 7.86. The van der Waals surface area contributed by atoms with Crippen molar-refractivity contribution < 1.29 is 21.8 Å². The minimum absolute atomic E-state index is 0.00627. The van der Waals surface area contributed by atoms with Crippen molar-refractivity contribution in [2.75, 3.05) is 6.61 Å². The molecular formula is C24H43NO5SSi. The molecule has 1 aromatic carbocycles. The van der Waals surface area contributed by atoms with Crippen LogP contribution in [-0.4, -0.2) is 40.9 Å². The summed E-state index contributed by atoms with van der Waals surface area (Å²) in [6.45, 7) is 18.5. The van der Waals surface area contributed by atoms with Crippen molar-refractivity contribution in [3.63, 3.8) is 0 Å². The van der Waals surface area contributed by atoms with E-state index in [9.17, 15) is 13.2 Å². The molecule has 0 saturated heterocycles. The molecule has 0 spiro atoms. The van der Waals surface area contributed by atoms with Crippen LogP contribution in [0.1, 0.15) is 72.8 Å². The van der Waals surface area contributed by atoms with Gasteiger partial charge in [-0.2, -0.15) is 8.42 Å². The molecule has 0 saturated carbocycles. The van der Waals surface area contributed by atoms with Crippen LogP contribution in [0.4, 0.5) is 0 Å². The van der Waals surface area contributed by atoms with E-state index in [1.54, 1.807) is 24.3 Å². The maximum atomic E-state index is 12.6. The van der Waals surface area contributed by atoms with Gasteiger partial charge in [0.2, 0.25) is 5.91 Å². The number of benzene rings is 1. The van der Waals surface area contributed by atoms with E-state index < -0.39 is 18.4 Å². The second-order valence-corrected chi connectivity index (χ2v) is 17.5. The lowest BCUT2D eigenvalue weighted by atomic mass is 10.1. The van der Waals surface area contributed by atoms with Crippen molar-refractivity contribution in [3.05, 3.63) is 29.8 Å². The summed E-state index contributed by atoms with van der Waals surface area (Å²) in [5.74, 6) is 0.0255. The number of carbonyl (C=O) groups is 1. The first kappa shape index (κ1) is 28.8. The van der Waals surface area contributed by atoms with Gasteiger partial charge in [0.15, 0.2) is 8.32 Å². The van der Waals surface area contributed by atoms with E-state index >= 15 is 0 Å². The summed E-state index contributed by atoms with van der Waals surface area (Å²) < 4.78 is 37.2. The molecule has 0 aliphatic carbocycles. The van der Waals surface area contributed by atoms with Gasteiger partial charge in [0.1, 0.15) is 0 Å². The normalized spacial score (nSPS) is 14.3. The molecule has 0 aromatic heterocycles. The highest BCUT2D eigenvalue weighted by atomic mass is 32.2. The minimum atomic E-state index is -3.86. The van der Waals surface area contributed by atoms with Crippen molar-refractivity contribution in [1.82, 2.24) is 5.32 Å². The van der Waals surface area contributed by atoms with Crippen LogP contribution in [-0.2, 0) is 23.5 Å². The summed E-state index contributed by atoms with van der Waals surface area (Å²) in [4.78, 5) is 12.2. The topological polar surface area (TPSA) is 81.7 Å². The molecule has 0 aliphatic heterocycles. The van der Waals surface area contributed by atoms with Crippen LogP contribution in [0.5, 0.6) is 0 Å². The number of carbonyl (C=O) groups excluding carboxylic acids is 1. The second kappa shape index (κ2) is 11.3. The lowest BCUT2D eigenvalue weighted by molar-refractivity contribution is -0.122. The summed E-state index contributed by atoms with van der Waals surface area (Å²) in [7, 11) is -5.98. The van der Waals surface area contributed by atoms with Crippen molar-refractivity contribution in [1.29, 1.82) is 0 Å². The van der Waals surface area contributed by atoms with Crippen molar-refractivity contribution >= 4 is 24.3 Å². The predicted molar refractivity (Wildman–Crippen MR) is 133 cm³/mol. The summed E-state index contributed by atoms with van der Waals surface area (Å²) in [5, 5.41) is 2.96. The molecule has 1 rings (SSSR count). The SMILES string of the molecule is Cc1ccc(S(=O)(=O)OCC(CCCCC(=O)NC(C)(C)C)O[Si](C)(C)C(C)(C)C)cc1. The molecule has 1 amide bonds. The third-order valence-corrected chi connectivity index (χ3v) is 11.5. The van der Waals surface area contributed by atoms with E-state index in [0.29, 0.717) is 19.3 Å². The number of aryl methyl sites for hydroxylation is 1. The number of hydrogen-bond acceptors (Lipinski definition) is 5. The molecule has 184 valence electrons. The molecule has 0 heterocycles. The van der Waals surface area contributed by atoms with Gasteiger partial charge < -0.3 is 9.74 Å². The third-order valence-electron chi connectivity index (χ3n) is 5.68. The van der Waals surface area contributed by atoms with Gasteiger partial charge in [0.25, 0.3) is 10.1 Å². The van der Waals surface area contributed by atoms with Crippen LogP contribution in [0, 0.1) is 6.92 Å². The van der Waals surface area contributed by atoms with Gasteiger partial charge in [-0.1, -0.05) is 44.9 Å². The van der Waals surface area contributed by atoms with E-state index in [2.05, 4.69) is 39.2 Å². The molecule has 1 atom stereocenters. The number of unbranched alkanes of at least 4 members (excludes halogenated alkanes) is 1. The summed E-state index contributed by atoms with van der Waals surface area (Å²) >= 11 is 0. The number of rotatable bonds is 11. The number of nitrogens with one attached hydrogen (secondary N) is 1. The van der Waals surface area contributed by atoms with Gasteiger partial charge in [-0.25, -0.2) is 0 Å². The standard InChI is InChI=1S/C24H43NO5SSi/c1-19-14-16-21(17-15-19)31(27,28)29-18-20(30-32(8,9)24(5,6)7)12-10-11-13-22(26)25-23(2,3)4/h14-17,20H,10-13,18H2,1-9H3,(H,25,26). The zero-order chi connectivity index (χ0) is 24.8. The van der Waals surface area contributed by atoms with Crippen LogP contribution in [0.3, 0.4) is 0 Å². The maximum Gasteiger partial charge on any atom is 0.297 e. The van der Waals surface area contributed by atoms with Gasteiger partial charge in [-0.05, 0) is 70.8 Å². The Bertz CT molecular complexity index is 837. The predicted octanol–water partition coefficient (Wildman–Crippen LogP) is 5.57. The summed E-state index contributed by atoms with van der Waals surface area (Å²) in [5.41, 5.74) is 0.738. The monoisotopic (exact) mass is 485 g/mol. The molecule has 1 unspecified atom stereocenters. The van der Waals surface area contributed by atoms with Crippen LogP contribution < -0.4 is 5.32 Å². The molecule has 1 N–H and O–H groups in total. The Labute approximate surface area is 196 Å². The number of hydrogen-bond donors (Lipinski definition) is 1. The first-order valence-electron chi connectivity index (χ1n) is 11.4. The van der Waals surface area contributed by atoms with Gasteiger partial charge in [-0.3, -0.25) is 8.98 Å². The molecule has 0 bridgehead atoms. The third kappa shape index (κ3) is 10.1. The van der Waals surface area contributed by atoms with Crippen LogP contribution in [0.25, 0.3) is 0 Å². The van der Waals surface area contributed by atoms with Crippen molar-refractivity contribution in [3.8, 4) is 0 Å². The van der Waals surface area contributed by atoms with Gasteiger partial charge in [0, 0.05) is 12.0 Å². The van der Waals surface area contributed by atoms with E-state index in [1.165, 1.54) is 0 Å². The average Bonchev–Trinajstić information content (AvgIpc) is 2.61. The molecule has 32 heavy (non-hydrogen) atoms. The van der Waals surface area contributed by atoms with Crippen molar-refractivity contribution in [2.24, 2.45) is 0 Å². The lowest BCUT2D eigenvalue weighted by Crippen LogP contribution is -2.45. The number of amides is 1. The van der Waals surface area contributed by atoms with Gasteiger partial charge >= 0.3 is 0 Å². The van der Waals surface area contributed by atoms with Crippen molar-refractivity contribution in [2.45, 2.75) is 109 Å². The molecule has 8 heteroatoms. The Balaban J connectivity index is 2.78. The quantitative estimate of drug-likeness (QED) is 0.252. The first-order chi connectivity index (χ1) is 14.4. The zero-order valence-electron chi connectivity index (χ0n) is 21.4. The Morgan fingerprint density at radius 2 is 1.59 bits per heavy atom. The first-order valence-corrected chi connectivity index (χ1v) is 15.7. The van der Waals surface area contributed by atoms with Gasteiger partial charge in [-0.15, -0.1) is 0 Å². The van der Waals surface area contributed by atoms with E-state index in [-0.39, 0.29) is 34.1 Å². The van der Waals surface area contributed by atoms with Crippen LogP contribution in [0.15, 0.2) is 29.2 Å². The zero-order valence-corrected chi connectivity index (χ0v) is 23.2. The highest BCUT2D eigenvalue weighted by Crippen LogP contribution is 2.38. The smallest absolute Gasteiger partial charge is 0.297 e. The van der Waals surface area contributed by atoms with Crippen LogP contribution >= 0.6 is 0 Å². The molecule has 1 aromatic rings. The Morgan fingerprint density at radius 1 is 1.03 bits per heavy atom. The average molecular weight is 486 g/mol. The van der Waals surface area contributed by atoms with E-state index in [0.717, 1.165) is 12.0 Å². The molecular weight excluding hydrogens is 442 g/mol. The highest BCUT2D eigenvalue weighted by Gasteiger charge is 2.39. The lowest BCUT2D eigenvalue weighted by Gasteiger charge is -2.39. The summed E-state index contributed by atoms with van der Waals surface area (Å²) in [6, 6.07) is 6.62. The van der Waals surface area contributed by atoms with E-state index in [4.69, 9.17) is 8.61 Å². The molecule has 6 nitrogen and oxygen atoms in total. The Hall–Kier alpha value is -1.22. The van der Waals surface area contributed by atoms with Crippen LogP contribution in [0.2, 0.25) is 18.1 Å². The van der Waals surface area contributed by atoms with E-state index in [1.807, 2.05) is 27.7 Å². The molecule has 0 radical (unpaired) electrons.